The molecule has 0 aliphatic rings. The largest absolute Gasteiger partial charge is 0.497 e. The number of rotatable bonds is 8. The van der Waals surface area contributed by atoms with E-state index in [9.17, 15) is 4.79 Å². The van der Waals surface area contributed by atoms with Gasteiger partial charge < -0.3 is 19.4 Å². The molecule has 0 saturated carbocycles. The zero-order valence-electron chi connectivity index (χ0n) is 16.2. The molecule has 1 N–H and O–H groups in total. The summed E-state index contributed by atoms with van der Waals surface area (Å²) in [6.07, 6.45) is 0. The second-order valence-corrected chi connectivity index (χ2v) is 7.96. The van der Waals surface area contributed by atoms with Crippen LogP contribution in [-0.4, -0.2) is 40.6 Å². The van der Waals surface area contributed by atoms with Crippen LogP contribution in [0.1, 0.15) is 11.8 Å². The number of thioether (sulfide) groups is 1. The van der Waals surface area contributed by atoms with Crippen molar-refractivity contribution in [1.29, 1.82) is 0 Å². The number of thiophene rings is 1. The SMILES string of the molecule is CCn1c(SCC(=O)Nc2ccc(OC)cc2OC)nnc1-c1csc(C)c1. The van der Waals surface area contributed by atoms with Crippen LogP contribution in [0.15, 0.2) is 34.8 Å². The van der Waals surface area contributed by atoms with E-state index in [2.05, 4.69) is 33.9 Å². The minimum absolute atomic E-state index is 0.146. The number of nitrogens with zero attached hydrogens (tertiary/aromatic N) is 3. The minimum atomic E-state index is -0.146. The Hall–Kier alpha value is -2.52. The molecule has 0 aliphatic heterocycles. The highest BCUT2D eigenvalue weighted by atomic mass is 32.2. The highest BCUT2D eigenvalue weighted by Crippen LogP contribution is 2.30. The standard InChI is InChI=1S/C19H22N4O3S2/c1-5-23-18(13-8-12(2)27-10-13)21-22-19(23)28-11-17(24)20-15-7-6-14(25-3)9-16(15)26-4/h6-10H,5,11H2,1-4H3,(H,20,24). The van der Waals surface area contributed by atoms with Gasteiger partial charge in [0.2, 0.25) is 5.91 Å². The molecule has 0 radical (unpaired) electrons. The van der Waals surface area contributed by atoms with E-state index in [1.54, 1.807) is 43.8 Å². The van der Waals surface area contributed by atoms with Gasteiger partial charge in [-0.2, -0.15) is 0 Å². The number of nitrogens with one attached hydrogen (secondary N) is 1. The number of anilines is 1. The van der Waals surface area contributed by atoms with Gasteiger partial charge in [-0.15, -0.1) is 21.5 Å². The predicted molar refractivity (Wildman–Crippen MR) is 113 cm³/mol. The van der Waals surface area contributed by atoms with Crippen LogP contribution < -0.4 is 14.8 Å². The lowest BCUT2D eigenvalue weighted by atomic mass is 10.2. The molecule has 3 aromatic rings. The Kier molecular flexibility index (Phi) is 6.58. The fourth-order valence-electron chi connectivity index (χ4n) is 2.67. The third-order valence-corrected chi connectivity index (χ3v) is 5.87. The summed E-state index contributed by atoms with van der Waals surface area (Å²) in [6.45, 7) is 4.83. The van der Waals surface area contributed by atoms with Gasteiger partial charge >= 0.3 is 0 Å². The van der Waals surface area contributed by atoms with Crippen molar-refractivity contribution in [1.82, 2.24) is 14.8 Å². The number of benzene rings is 1. The number of amides is 1. The normalized spacial score (nSPS) is 10.7. The number of carbonyl (C=O) groups excluding carboxylic acids is 1. The number of ether oxygens (including phenoxy) is 2. The maximum Gasteiger partial charge on any atom is 0.234 e. The van der Waals surface area contributed by atoms with Gasteiger partial charge in [-0.3, -0.25) is 4.79 Å². The average molecular weight is 419 g/mol. The molecule has 1 amide bonds. The Labute approximate surface area is 172 Å². The van der Waals surface area contributed by atoms with Crippen molar-refractivity contribution in [2.75, 3.05) is 25.3 Å². The number of methoxy groups -OCH3 is 2. The van der Waals surface area contributed by atoms with Crippen LogP contribution in [0.5, 0.6) is 11.5 Å². The van der Waals surface area contributed by atoms with Crippen LogP contribution >= 0.6 is 23.1 Å². The fraction of sp³-hybridized carbons (Fsp3) is 0.316. The summed E-state index contributed by atoms with van der Waals surface area (Å²) in [4.78, 5) is 13.6. The highest BCUT2D eigenvalue weighted by Gasteiger charge is 2.16. The van der Waals surface area contributed by atoms with Gasteiger partial charge in [-0.05, 0) is 32.0 Å². The smallest absolute Gasteiger partial charge is 0.234 e. The first kappa shape index (κ1) is 20.2. The van der Waals surface area contributed by atoms with E-state index in [-0.39, 0.29) is 11.7 Å². The molecule has 0 unspecified atom stereocenters. The number of hydrogen-bond donors (Lipinski definition) is 1. The topological polar surface area (TPSA) is 78.3 Å². The summed E-state index contributed by atoms with van der Waals surface area (Å²) in [5.41, 5.74) is 1.65. The molecule has 0 aliphatic carbocycles. The van der Waals surface area contributed by atoms with Gasteiger partial charge in [0.15, 0.2) is 11.0 Å². The van der Waals surface area contributed by atoms with Crippen LogP contribution in [0.4, 0.5) is 5.69 Å². The van der Waals surface area contributed by atoms with E-state index in [1.807, 2.05) is 11.5 Å². The molecular weight excluding hydrogens is 396 g/mol. The molecule has 7 nitrogen and oxygen atoms in total. The van der Waals surface area contributed by atoms with Crippen LogP contribution in [0.25, 0.3) is 11.4 Å². The van der Waals surface area contributed by atoms with E-state index in [1.165, 1.54) is 16.6 Å². The van der Waals surface area contributed by atoms with Gasteiger partial charge in [0, 0.05) is 28.4 Å². The maximum absolute atomic E-state index is 12.4. The van der Waals surface area contributed by atoms with E-state index < -0.39 is 0 Å². The van der Waals surface area contributed by atoms with Gasteiger partial charge in [-0.25, -0.2) is 0 Å². The van der Waals surface area contributed by atoms with Gasteiger partial charge in [0.05, 0.1) is 25.7 Å². The quantitative estimate of drug-likeness (QED) is 0.555. The summed E-state index contributed by atoms with van der Waals surface area (Å²) in [5, 5.41) is 14.2. The van der Waals surface area contributed by atoms with E-state index in [0.29, 0.717) is 17.2 Å². The Morgan fingerprint density at radius 3 is 2.71 bits per heavy atom. The summed E-state index contributed by atoms with van der Waals surface area (Å²) in [6, 6.07) is 7.35. The second kappa shape index (κ2) is 9.11. The van der Waals surface area contributed by atoms with Gasteiger partial charge in [-0.1, -0.05) is 11.8 Å². The van der Waals surface area contributed by atoms with Crippen molar-refractivity contribution in [3.63, 3.8) is 0 Å². The summed E-state index contributed by atoms with van der Waals surface area (Å²) >= 11 is 3.04. The molecule has 2 heterocycles. The van der Waals surface area contributed by atoms with Gasteiger partial charge in [0.25, 0.3) is 0 Å². The zero-order valence-corrected chi connectivity index (χ0v) is 17.8. The number of aryl methyl sites for hydroxylation is 1. The Morgan fingerprint density at radius 1 is 1.25 bits per heavy atom. The Morgan fingerprint density at radius 2 is 2.07 bits per heavy atom. The monoisotopic (exact) mass is 418 g/mol. The minimum Gasteiger partial charge on any atom is -0.497 e. The molecule has 9 heteroatoms. The second-order valence-electron chi connectivity index (χ2n) is 5.90. The molecule has 0 fully saturated rings. The molecule has 0 bridgehead atoms. The van der Waals surface area contributed by atoms with E-state index in [0.717, 1.165) is 23.1 Å². The maximum atomic E-state index is 12.4. The Balaban J connectivity index is 1.67. The lowest BCUT2D eigenvalue weighted by Gasteiger charge is -2.11. The van der Waals surface area contributed by atoms with Crippen molar-refractivity contribution in [2.45, 2.75) is 25.5 Å². The van der Waals surface area contributed by atoms with Crippen LogP contribution in [0.2, 0.25) is 0 Å². The first-order valence-corrected chi connectivity index (χ1v) is 10.6. The van der Waals surface area contributed by atoms with Crippen molar-refractivity contribution in [3.05, 3.63) is 34.5 Å². The molecule has 0 spiro atoms. The number of aromatic nitrogens is 3. The summed E-state index contributed by atoms with van der Waals surface area (Å²) in [5.74, 6) is 2.11. The molecule has 0 saturated heterocycles. The van der Waals surface area contributed by atoms with Crippen LogP contribution in [0, 0.1) is 6.92 Å². The van der Waals surface area contributed by atoms with E-state index >= 15 is 0 Å². The average Bonchev–Trinajstić information content (AvgIpc) is 3.32. The first-order chi connectivity index (χ1) is 13.5. The molecule has 1 aromatic carbocycles. The van der Waals surface area contributed by atoms with Crippen LogP contribution in [-0.2, 0) is 11.3 Å². The number of hydrogen-bond acceptors (Lipinski definition) is 7. The van der Waals surface area contributed by atoms with Crippen molar-refractivity contribution in [3.8, 4) is 22.9 Å². The van der Waals surface area contributed by atoms with Crippen molar-refractivity contribution >= 4 is 34.7 Å². The fourth-order valence-corrected chi connectivity index (χ4v) is 4.16. The molecule has 0 atom stereocenters. The predicted octanol–water partition coefficient (Wildman–Crippen LogP) is 4.08. The number of carbonyl (C=O) groups is 1. The van der Waals surface area contributed by atoms with Gasteiger partial charge in [0.1, 0.15) is 11.5 Å². The zero-order chi connectivity index (χ0) is 20.1. The molecule has 148 valence electrons. The van der Waals surface area contributed by atoms with Crippen molar-refractivity contribution < 1.29 is 14.3 Å². The Bertz CT molecular complexity index is 968. The molecular formula is C19H22N4O3S2. The highest BCUT2D eigenvalue weighted by molar-refractivity contribution is 7.99. The molecule has 3 rings (SSSR count). The van der Waals surface area contributed by atoms with E-state index in [4.69, 9.17) is 9.47 Å². The molecule has 2 aromatic heterocycles. The lowest BCUT2D eigenvalue weighted by Crippen LogP contribution is -2.15. The summed E-state index contributed by atoms with van der Waals surface area (Å²) in [7, 11) is 3.13. The third kappa shape index (κ3) is 4.48. The summed E-state index contributed by atoms with van der Waals surface area (Å²) < 4.78 is 12.5. The first-order valence-electron chi connectivity index (χ1n) is 8.69. The van der Waals surface area contributed by atoms with Crippen LogP contribution in [0.3, 0.4) is 0 Å². The van der Waals surface area contributed by atoms with Crippen molar-refractivity contribution in [2.24, 2.45) is 0 Å². The molecule has 28 heavy (non-hydrogen) atoms. The third-order valence-electron chi connectivity index (χ3n) is 4.04. The lowest BCUT2D eigenvalue weighted by molar-refractivity contribution is -0.113.